The lowest BCUT2D eigenvalue weighted by Crippen LogP contribution is -2.41. The van der Waals surface area contributed by atoms with E-state index in [0.29, 0.717) is 19.1 Å². The van der Waals surface area contributed by atoms with Crippen molar-refractivity contribution in [3.8, 4) is 0 Å². The second-order valence-corrected chi connectivity index (χ2v) is 3.94. The first kappa shape index (κ1) is 9.38. The summed E-state index contributed by atoms with van der Waals surface area (Å²) in [4.78, 5) is 21.1. The van der Waals surface area contributed by atoms with E-state index in [9.17, 15) is 9.59 Å². The summed E-state index contributed by atoms with van der Waals surface area (Å²) in [5.74, 6) is 1.68. The Balaban J connectivity index is 2.59. The zero-order valence-corrected chi connectivity index (χ0v) is 7.43. The summed E-state index contributed by atoms with van der Waals surface area (Å²) < 4.78 is 4.79. The SMILES string of the molecule is NC(=O)OC1(C=O)CCSCC1. The first-order valence-corrected chi connectivity index (χ1v) is 4.86. The standard InChI is InChI=1S/C7H11NO3S/c8-6(10)11-7(5-9)1-3-12-4-2-7/h5H,1-4H2,(H2,8,10). The predicted molar refractivity (Wildman–Crippen MR) is 46.0 cm³/mol. The summed E-state index contributed by atoms with van der Waals surface area (Å²) in [6.45, 7) is 0. The number of aldehydes is 1. The molecule has 1 aliphatic rings. The van der Waals surface area contributed by atoms with E-state index < -0.39 is 11.7 Å². The third kappa shape index (κ3) is 2.14. The maximum atomic E-state index is 10.7. The Labute approximate surface area is 74.8 Å². The van der Waals surface area contributed by atoms with E-state index in [1.807, 2.05) is 0 Å². The molecule has 1 heterocycles. The molecule has 0 saturated carbocycles. The van der Waals surface area contributed by atoms with Gasteiger partial charge in [0.15, 0.2) is 11.9 Å². The molecule has 0 aromatic rings. The number of nitrogens with two attached hydrogens (primary N) is 1. The Kier molecular flexibility index (Phi) is 2.97. The van der Waals surface area contributed by atoms with E-state index >= 15 is 0 Å². The van der Waals surface area contributed by atoms with Crippen molar-refractivity contribution in [2.45, 2.75) is 18.4 Å². The molecule has 1 rings (SSSR count). The second kappa shape index (κ2) is 3.80. The Bertz CT molecular complexity index is 189. The van der Waals surface area contributed by atoms with Gasteiger partial charge in [0, 0.05) is 12.8 Å². The van der Waals surface area contributed by atoms with Crippen LogP contribution in [0.15, 0.2) is 0 Å². The lowest BCUT2D eigenvalue weighted by Gasteiger charge is -2.30. The van der Waals surface area contributed by atoms with Crippen LogP contribution in [0, 0.1) is 0 Å². The van der Waals surface area contributed by atoms with Crippen molar-refractivity contribution in [1.29, 1.82) is 0 Å². The summed E-state index contributed by atoms with van der Waals surface area (Å²) in [6, 6.07) is 0. The maximum absolute atomic E-state index is 10.7. The molecule has 4 nitrogen and oxygen atoms in total. The van der Waals surface area contributed by atoms with E-state index in [2.05, 4.69) is 0 Å². The molecule has 1 saturated heterocycles. The van der Waals surface area contributed by atoms with Gasteiger partial charge in [-0.05, 0) is 11.5 Å². The van der Waals surface area contributed by atoms with E-state index in [1.54, 1.807) is 11.8 Å². The van der Waals surface area contributed by atoms with Crippen LogP contribution in [0.1, 0.15) is 12.8 Å². The van der Waals surface area contributed by atoms with Crippen molar-refractivity contribution in [3.63, 3.8) is 0 Å². The smallest absolute Gasteiger partial charge is 0.405 e. The zero-order chi connectivity index (χ0) is 9.03. The summed E-state index contributed by atoms with van der Waals surface area (Å²) in [5, 5.41) is 0. The molecular weight excluding hydrogens is 178 g/mol. The van der Waals surface area contributed by atoms with Gasteiger partial charge in [-0.2, -0.15) is 11.8 Å². The molecule has 0 spiro atoms. The fourth-order valence-electron chi connectivity index (χ4n) is 1.16. The van der Waals surface area contributed by atoms with Crippen LogP contribution in [0.2, 0.25) is 0 Å². The summed E-state index contributed by atoms with van der Waals surface area (Å²) >= 11 is 1.75. The lowest BCUT2D eigenvalue weighted by atomic mass is 9.99. The number of thioether (sulfide) groups is 1. The van der Waals surface area contributed by atoms with Gasteiger partial charge >= 0.3 is 6.09 Å². The van der Waals surface area contributed by atoms with Crippen molar-refractivity contribution in [1.82, 2.24) is 0 Å². The second-order valence-electron chi connectivity index (χ2n) is 2.72. The molecule has 5 heteroatoms. The average molecular weight is 189 g/mol. The van der Waals surface area contributed by atoms with E-state index in [1.165, 1.54) is 0 Å². The normalized spacial score (nSPS) is 21.3. The molecule has 0 aromatic carbocycles. The van der Waals surface area contributed by atoms with Gasteiger partial charge < -0.3 is 10.5 Å². The molecular formula is C7H11NO3S. The van der Waals surface area contributed by atoms with Crippen LogP contribution in [0.25, 0.3) is 0 Å². The van der Waals surface area contributed by atoms with Crippen molar-refractivity contribution < 1.29 is 14.3 Å². The fraction of sp³-hybridized carbons (Fsp3) is 0.714. The minimum absolute atomic E-state index is 0.574. The largest absolute Gasteiger partial charge is 0.435 e. The van der Waals surface area contributed by atoms with Crippen molar-refractivity contribution in [2.24, 2.45) is 5.73 Å². The number of hydrogen-bond acceptors (Lipinski definition) is 4. The monoisotopic (exact) mass is 189 g/mol. The first-order valence-electron chi connectivity index (χ1n) is 3.71. The van der Waals surface area contributed by atoms with Gasteiger partial charge in [0.2, 0.25) is 0 Å². The summed E-state index contributed by atoms with van der Waals surface area (Å²) in [5.41, 5.74) is 3.92. The van der Waals surface area contributed by atoms with Crippen LogP contribution in [-0.2, 0) is 9.53 Å². The number of rotatable bonds is 2. The number of ether oxygens (including phenoxy) is 1. The Morgan fingerprint density at radius 1 is 1.50 bits per heavy atom. The summed E-state index contributed by atoms with van der Waals surface area (Å²) in [6.07, 6.45) is 0.972. The predicted octanol–water partition coefficient (Wildman–Crippen LogP) is 0.546. The van der Waals surface area contributed by atoms with Crippen LogP contribution in [-0.4, -0.2) is 29.5 Å². The highest BCUT2D eigenvalue weighted by atomic mass is 32.2. The Morgan fingerprint density at radius 2 is 2.08 bits per heavy atom. The Hall–Kier alpha value is -0.710. The number of amides is 1. The third-order valence-corrected chi connectivity index (χ3v) is 2.84. The molecule has 2 N–H and O–H groups in total. The molecule has 1 fully saturated rings. The lowest BCUT2D eigenvalue weighted by molar-refractivity contribution is -0.124. The van der Waals surface area contributed by atoms with Crippen molar-refractivity contribution >= 4 is 24.1 Å². The van der Waals surface area contributed by atoms with Gasteiger partial charge in [-0.25, -0.2) is 4.79 Å². The van der Waals surface area contributed by atoms with Crippen LogP contribution in [0.5, 0.6) is 0 Å². The molecule has 0 radical (unpaired) electrons. The molecule has 12 heavy (non-hydrogen) atoms. The molecule has 0 bridgehead atoms. The van der Waals surface area contributed by atoms with Gasteiger partial charge in [-0.3, -0.25) is 4.79 Å². The molecule has 1 aliphatic heterocycles. The zero-order valence-electron chi connectivity index (χ0n) is 6.62. The minimum atomic E-state index is -0.933. The molecule has 0 unspecified atom stereocenters. The minimum Gasteiger partial charge on any atom is -0.435 e. The number of hydrogen-bond donors (Lipinski definition) is 1. The van der Waals surface area contributed by atoms with Crippen molar-refractivity contribution in [3.05, 3.63) is 0 Å². The fourth-order valence-corrected chi connectivity index (χ4v) is 2.35. The maximum Gasteiger partial charge on any atom is 0.405 e. The molecule has 0 atom stereocenters. The number of carbonyl (C=O) groups is 2. The average Bonchev–Trinajstić information content (AvgIpc) is 2.05. The molecule has 1 amide bonds. The highest BCUT2D eigenvalue weighted by Crippen LogP contribution is 2.28. The van der Waals surface area contributed by atoms with Crippen LogP contribution in [0.4, 0.5) is 4.79 Å². The van der Waals surface area contributed by atoms with Crippen LogP contribution >= 0.6 is 11.8 Å². The summed E-state index contributed by atoms with van der Waals surface area (Å²) in [7, 11) is 0. The third-order valence-electron chi connectivity index (χ3n) is 1.86. The molecule has 0 aromatic heterocycles. The van der Waals surface area contributed by atoms with E-state index in [4.69, 9.17) is 10.5 Å². The molecule has 68 valence electrons. The first-order chi connectivity index (χ1) is 5.68. The topological polar surface area (TPSA) is 69.4 Å². The van der Waals surface area contributed by atoms with Gasteiger partial charge in [0.05, 0.1) is 0 Å². The van der Waals surface area contributed by atoms with Crippen molar-refractivity contribution in [2.75, 3.05) is 11.5 Å². The van der Waals surface area contributed by atoms with Crippen LogP contribution in [0.3, 0.4) is 0 Å². The number of primary amides is 1. The number of carbonyl (C=O) groups excluding carboxylic acids is 2. The van der Waals surface area contributed by atoms with E-state index in [0.717, 1.165) is 11.5 Å². The van der Waals surface area contributed by atoms with Gasteiger partial charge in [-0.1, -0.05) is 0 Å². The van der Waals surface area contributed by atoms with E-state index in [-0.39, 0.29) is 0 Å². The highest BCUT2D eigenvalue weighted by Gasteiger charge is 2.35. The highest BCUT2D eigenvalue weighted by molar-refractivity contribution is 7.99. The Morgan fingerprint density at radius 3 is 2.50 bits per heavy atom. The van der Waals surface area contributed by atoms with Gasteiger partial charge in [-0.15, -0.1) is 0 Å². The van der Waals surface area contributed by atoms with Gasteiger partial charge in [0.25, 0.3) is 0 Å². The quantitative estimate of drug-likeness (QED) is 0.644. The van der Waals surface area contributed by atoms with Gasteiger partial charge in [0.1, 0.15) is 0 Å². The van der Waals surface area contributed by atoms with Crippen LogP contribution < -0.4 is 5.73 Å². The molecule has 0 aliphatic carbocycles.